The molecule has 134 valence electrons. The van der Waals surface area contributed by atoms with Gasteiger partial charge in [-0.3, -0.25) is 9.59 Å². The van der Waals surface area contributed by atoms with Crippen LogP contribution in [0, 0.1) is 5.92 Å². The van der Waals surface area contributed by atoms with E-state index in [1.165, 1.54) is 0 Å². The topological polar surface area (TPSA) is 84.7 Å². The van der Waals surface area contributed by atoms with Crippen LogP contribution in [0.25, 0.3) is 0 Å². The number of ether oxygens (including phenoxy) is 1. The zero-order chi connectivity index (χ0) is 17.0. The summed E-state index contributed by atoms with van der Waals surface area (Å²) in [6.07, 6.45) is 0.201. The highest BCUT2D eigenvalue weighted by atomic mass is 35.5. The minimum absolute atomic E-state index is 0. The fourth-order valence-corrected chi connectivity index (χ4v) is 2.56. The summed E-state index contributed by atoms with van der Waals surface area (Å²) in [5, 5.41) is 2.91. The fraction of sp³-hybridized carbons (Fsp3) is 0.529. The third-order valence-electron chi connectivity index (χ3n) is 3.92. The minimum Gasteiger partial charge on any atom is -0.492 e. The summed E-state index contributed by atoms with van der Waals surface area (Å²) in [4.78, 5) is 26.4. The summed E-state index contributed by atoms with van der Waals surface area (Å²) >= 11 is 0. The summed E-state index contributed by atoms with van der Waals surface area (Å²) in [5.74, 6) is 0.0859. The van der Waals surface area contributed by atoms with Crippen molar-refractivity contribution in [3.05, 3.63) is 24.3 Å². The van der Waals surface area contributed by atoms with Crippen molar-refractivity contribution in [3.63, 3.8) is 0 Å². The van der Waals surface area contributed by atoms with Gasteiger partial charge in [0.1, 0.15) is 5.75 Å². The van der Waals surface area contributed by atoms with Crippen LogP contribution in [0.1, 0.15) is 27.2 Å². The minimum atomic E-state index is -0.475. The number of benzene rings is 1. The van der Waals surface area contributed by atoms with E-state index in [1.807, 2.05) is 45.0 Å². The van der Waals surface area contributed by atoms with Crippen LogP contribution in [0.2, 0.25) is 0 Å². The van der Waals surface area contributed by atoms with Crippen LogP contribution in [0.3, 0.4) is 0 Å². The van der Waals surface area contributed by atoms with E-state index in [4.69, 9.17) is 10.5 Å². The molecule has 0 aromatic heterocycles. The first-order chi connectivity index (χ1) is 10.9. The van der Waals surface area contributed by atoms with Gasteiger partial charge in [0.2, 0.25) is 11.8 Å². The SMILES string of the molecule is CCOc1ccccc1N1CC(C(=O)NC(C)(C)CN)CC1=O.Cl. The lowest BCUT2D eigenvalue weighted by Gasteiger charge is -2.26. The standard InChI is InChI=1S/C17H25N3O3.ClH/c1-4-23-14-8-6-5-7-13(14)20-10-12(9-15(20)21)16(22)19-17(2,3)11-18;/h5-8,12H,4,9-11,18H2,1-3H3,(H,19,22);1H. The summed E-state index contributed by atoms with van der Waals surface area (Å²) in [7, 11) is 0. The Hall–Kier alpha value is -1.79. The van der Waals surface area contributed by atoms with E-state index in [0.29, 0.717) is 31.1 Å². The largest absolute Gasteiger partial charge is 0.492 e. The number of hydrogen-bond donors (Lipinski definition) is 2. The van der Waals surface area contributed by atoms with Crippen LogP contribution in [0.15, 0.2) is 24.3 Å². The highest BCUT2D eigenvalue weighted by Crippen LogP contribution is 2.33. The number of nitrogens with zero attached hydrogens (tertiary/aromatic N) is 1. The molecule has 0 aliphatic carbocycles. The molecule has 0 bridgehead atoms. The Morgan fingerprint density at radius 1 is 1.42 bits per heavy atom. The molecule has 2 rings (SSSR count). The molecule has 2 amide bonds. The van der Waals surface area contributed by atoms with Gasteiger partial charge in [0.25, 0.3) is 0 Å². The maximum Gasteiger partial charge on any atom is 0.227 e. The number of carbonyl (C=O) groups excluding carboxylic acids is 2. The summed E-state index contributed by atoms with van der Waals surface area (Å²) in [5.41, 5.74) is 5.88. The first kappa shape index (κ1) is 20.3. The molecule has 1 aromatic carbocycles. The number of halogens is 1. The van der Waals surface area contributed by atoms with Crippen LogP contribution >= 0.6 is 12.4 Å². The molecule has 1 atom stereocenters. The molecule has 1 saturated heterocycles. The predicted molar refractivity (Wildman–Crippen MR) is 96.6 cm³/mol. The third-order valence-corrected chi connectivity index (χ3v) is 3.92. The van der Waals surface area contributed by atoms with Crippen molar-refractivity contribution in [3.8, 4) is 5.75 Å². The number of amides is 2. The van der Waals surface area contributed by atoms with Gasteiger partial charge in [-0.05, 0) is 32.9 Å². The van der Waals surface area contributed by atoms with Crippen molar-refractivity contribution in [2.24, 2.45) is 11.7 Å². The molecule has 1 aliphatic heterocycles. The monoisotopic (exact) mass is 355 g/mol. The van der Waals surface area contributed by atoms with Crippen LogP contribution in [-0.4, -0.2) is 37.0 Å². The normalized spacial score (nSPS) is 17.4. The summed E-state index contributed by atoms with van der Waals surface area (Å²) < 4.78 is 5.58. The van der Waals surface area contributed by atoms with Gasteiger partial charge < -0.3 is 20.7 Å². The average molecular weight is 356 g/mol. The zero-order valence-electron chi connectivity index (χ0n) is 14.4. The Bertz CT molecular complexity index is 592. The Morgan fingerprint density at radius 2 is 2.08 bits per heavy atom. The molecule has 3 N–H and O–H groups in total. The molecular weight excluding hydrogens is 330 g/mol. The highest BCUT2D eigenvalue weighted by Gasteiger charge is 2.37. The van der Waals surface area contributed by atoms with Gasteiger partial charge in [-0.1, -0.05) is 12.1 Å². The Balaban J connectivity index is 0.00000288. The molecule has 0 spiro atoms. The van der Waals surface area contributed by atoms with Crippen molar-refractivity contribution in [2.45, 2.75) is 32.7 Å². The van der Waals surface area contributed by atoms with Crippen LogP contribution in [-0.2, 0) is 9.59 Å². The fourth-order valence-electron chi connectivity index (χ4n) is 2.56. The maximum absolute atomic E-state index is 12.4. The average Bonchev–Trinajstić information content (AvgIpc) is 2.90. The lowest BCUT2D eigenvalue weighted by atomic mass is 10.0. The predicted octanol–water partition coefficient (Wildman–Crippen LogP) is 1.71. The number of para-hydroxylation sites is 2. The van der Waals surface area contributed by atoms with Gasteiger partial charge in [-0.25, -0.2) is 0 Å². The van der Waals surface area contributed by atoms with Crippen molar-refractivity contribution in [2.75, 3.05) is 24.6 Å². The first-order valence-corrected chi connectivity index (χ1v) is 7.92. The van der Waals surface area contributed by atoms with Crippen molar-refractivity contribution < 1.29 is 14.3 Å². The third kappa shape index (κ3) is 4.61. The van der Waals surface area contributed by atoms with Crippen LogP contribution < -0.4 is 20.7 Å². The van der Waals surface area contributed by atoms with Gasteiger partial charge >= 0.3 is 0 Å². The van der Waals surface area contributed by atoms with E-state index < -0.39 is 5.54 Å². The van der Waals surface area contributed by atoms with E-state index in [-0.39, 0.29) is 36.6 Å². The first-order valence-electron chi connectivity index (χ1n) is 7.92. The van der Waals surface area contributed by atoms with E-state index >= 15 is 0 Å². The molecule has 1 aromatic rings. The molecular formula is C17H26ClN3O3. The van der Waals surface area contributed by atoms with Crippen LogP contribution in [0.4, 0.5) is 5.69 Å². The number of hydrogen-bond acceptors (Lipinski definition) is 4. The second-order valence-electron chi connectivity index (χ2n) is 6.38. The lowest BCUT2D eigenvalue weighted by Crippen LogP contribution is -2.51. The molecule has 0 radical (unpaired) electrons. The van der Waals surface area contributed by atoms with Gasteiger partial charge in [-0.15, -0.1) is 12.4 Å². The lowest BCUT2D eigenvalue weighted by molar-refractivity contribution is -0.127. The van der Waals surface area contributed by atoms with Gasteiger partial charge in [0.05, 0.1) is 18.2 Å². The molecule has 1 fully saturated rings. The highest BCUT2D eigenvalue weighted by molar-refractivity contribution is 6.01. The number of anilines is 1. The zero-order valence-corrected chi connectivity index (χ0v) is 15.2. The van der Waals surface area contributed by atoms with E-state index in [2.05, 4.69) is 5.32 Å². The molecule has 7 heteroatoms. The van der Waals surface area contributed by atoms with Crippen molar-refractivity contribution in [1.82, 2.24) is 5.32 Å². The second-order valence-corrected chi connectivity index (χ2v) is 6.38. The Morgan fingerprint density at radius 3 is 2.71 bits per heavy atom. The van der Waals surface area contributed by atoms with Crippen molar-refractivity contribution in [1.29, 1.82) is 0 Å². The van der Waals surface area contributed by atoms with Crippen LogP contribution in [0.5, 0.6) is 5.75 Å². The summed E-state index contributed by atoms with van der Waals surface area (Å²) in [6, 6.07) is 7.39. The molecule has 6 nitrogen and oxygen atoms in total. The number of nitrogens with one attached hydrogen (secondary N) is 1. The van der Waals surface area contributed by atoms with Gasteiger partial charge in [-0.2, -0.15) is 0 Å². The Kier molecular flexibility index (Phi) is 7.05. The molecule has 1 unspecified atom stereocenters. The van der Waals surface area contributed by atoms with E-state index in [1.54, 1.807) is 4.90 Å². The number of rotatable bonds is 6. The smallest absolute Gasteiger partial charge is 0.227 e. The Labute approximate surface area is 149 Å². The molecule has 1 heterocycles. The summed E-state index contributed by atoms with van der Waals surface area (Å²) in [6.45, 7) is 6.85. The van der Waals surface area contributed by atoms with Crippen molar-refractivity contribution >= 4 is 29.9 Å². The van der Waals surface area contributed by atoms with Gasteiger partial charge in [0.15, 0.2) is 0 Å². The molecule has 1 aliphatic rings. The van der Waals surface area contributed by atoms with E-state index in [9.17, 15) is 9.59 Å². The quantitative estimate of drug-likeness (QED) is 0.813. The molecule has 24 heavy (non-hydrogen) atoms. The van der Waals surface area contributed by atoms with E-state index in [0.717, 1.165) is 0 Å². The second kappa shape index (κ2) is 8.35. The van der Waals surface area contributed by atoms with Gasteiger partial charge in [0, 0.05) is 25.0 Å². The number of nitrogens with two attached hydrogens (primary N) is 1. The molecule has 0 saturated carbocycles. The maximum atomic E-state index is 12.4. The number of carbonyl (C=O) groups is 2.